The molecule has 0 unspecified atom stereocenters. The van der Waals surface area contributed by atoms with Crippen LogP contribution >= 0.6 is 0 Å². The quantitative estimate of drug-likeness (QED) is 0.372. The summed E-state index contributed by atoms with van der Waals surface area (Å²) >= 11 is 0. The van der Waals surface area contributed by atoms with Gasteiger partial charge in [0.1, 0.15) is 5.75 Å². The summed E-state index contributed by atoms with van der Waals surface area (Å²) in [5.74, 6) is 0.0854. The number of hydrogen-bond acceptors (Lipinski definition) is 5. The first-order valence-corrected chi connectivity index (χ1v) is 9.75. The second-order valence-electron chi connectivity index (χ2n) is 7.13. The minimum atomic E-state index is -0.497. The van der Waals surface area contributed by atoms with Crippen molar-refractivity contribution in [3.8, 4) is 11.4 Å². The summed E-state index contributed by atoms with van der Waals surface area (Å²) in [4.78, 5) is 37.2. The molecule has 0 fully saturated rings. The number of methoxy groups -OCH3 is 1. The minimum absolute atomic E-state index is 0.0889. The third-order valence-electron chi connectivity index (χ3n) is 5.25. The van der Waals surface area contributed by atoms with Gasteiger partial charge in [-0.2, -0.15) is 0 Å². The Morgan fingerprint density at radius 2 is 1.75 bits per heavy atom. The van der Waals surface area contributed by atoms with Crippen molar-refractivity contribution >= 4 is 28.1 Å². The van der Waals surface area contributed by atoms with Crippen LogP contribution in [-0.4, -0.2) is 22.5 Å². The van der Waals surface area contributed by atoms with Gasteiger partial charge in [-0.1, -0.05) is 30.3 Å². The van der Waals surface area contributed by atoms with Gasteiger partial charge in [-0.3, -0.25) is 24.3 Å². The molecule has 0 aliphatic carbocycles. The van der Waals surface area contributed by atoms with E-state index in [2.05, 4.69) is 5.32 Å². The van der Waals surface area contributed by atoms with Crippen LogP contribution in [0.1, 0.15) is 15.9 Å². The predicted octanol–water partition coefficient (Wildman–Crippen LogP) is 4.47. The van der Waals surface area contributed by atoms with E-state index in [9.17, 15) is 19.7 Å². The smallest absolute Gasteiger partial charge is 0.274 e. The highest BCUT2D eigenvalue weighted by Crippen LogP contribution is 2.27. The van der Waals surface area contributed by atoms with E-state index in [0.717, 1.165) is 0 Å². The van der Waals surface area contributed by atoms with Crippen molar-refractivity contribution in [1.82, 2.24) is 4.57 Å². The van der Waals surface area contributed by atoms with E-state index < -0.39 is 10.8 Å². The molecule has 32 heavy (non-hydrogen) atoms. The van der Waals surface area contributed by atoms with Crippen LogP contribution in [0.25, 0.3) is 16.5 Å². The fourth-order valence-corrected chi connectivity index (χ4v) is 3.57. The molecule has 0 atom stereocenters. The van der Waals surface area contributed by atoms with Gasteiger partial charge in [0.25, 0.3) is 17.2 Å². The van der Waals surface area contributed by atoms with Crippen LogP contribution in [0.5, 0.6) is 5.75 Å². The lowest BCUT2D eigenvalue weighted by atomic mass is 10.1. The molecule has 4 aromatic rings. The monoisotopic (exact) mass is 429 g/mol. The van der Waals surface area contributed by atoms with E-state index in [1.807, 2.05) is 0 Å². The number of carbonyl (C=O) groups excluding carboxylic acids is 1. The number of rotatable bonds is 5. The number of benzene rings is 3. The summed E-state index contributed by atoms with van der Waals surface area (Å²) in [6, 6.07) is 18.3. The first-order valence-electron chi connectivity index (χ1n) is 9.75. The van der Waals surface area contributed by atoms with Crippen LogP contribution in [0.4, 0.5) is 11.4 Å². The second-order valence-corrected chi connectivity index (χ2v) is 7.13. The predicted molar refractivity (Wildman–Crippen MR) is 122 cm³/mol. The SMILES string of the molecule is COc1cccc(-n2cc(C(=O)Nc3cccc([N+](=O)[O-])c3C)c3ccccc3c2=O)c1. The number of anilines is 1. The van der Waals surface area contributed by atoms with Gasteiger partial charge in [-0.15, -0.1) is 0 Å². The molecule has 3 aromatic carbocycles. The number of amides is 1. The molecule has 1 amide bonds. The van der Waals surface area contributed by atoms with Gasteiger partial charge < -0.3 is 10.1 Å². The number of nitro groups is 1. The van der Waals surface area contributed by atoms with Crippen molar-refractivity contribution in [3.05, 3.63) is 105 Å². The molecule has 0 aliphatic heterocycles. The molecular weight excluding hydrogens is 410 g/mol. The molecule has 4 rings (SSSR count). The number of fused-ring (bicyclic) bond motifs is 1. The zero-order chi connectivity index (χ0) is 22.8. The van der Waals surface area contributed by atoms with Crippen molar-refractivity contribution in [2.75, 3.05) is 12.4 Å². The summed E-state index contributed by atoms with van der Waals surface area (Å²) in [5, 5.41) is 14.8. The Morgan fingerprint density at radius 1 is 1.03 bits per heavy atom. The van der Waals surface area contributed by atoms with E-state index in [4.69, 9.17) is 4.74 Å². The standard InChI is InChI=1S/C24H19N3O5/c1-15-21(11-6-12-22(15)27(30)31)25-23(28)20-14-26(16-7-5-8-17(13-16)32-2)24(29)19-10-4-3-9-18(19)20/h3-14H,1-2H3,(H,25,28). The average molecular weight is 429 g/mol. The largest absolute Gasteiger partial charge is 0.497 e. The van der Waals surface area contributed by atoms with Crippen LogP contribution < -0.4 is 15.6 Å². The maximum absolute atomic E-state index is 13.3. The van der Waals surface area contributed by atoms with Crippen molar-refractivity contribution < 1.29 is 14.5 Å². The van der Waals surface area contributed by atoms with Crippen molar-refractivity contribution in [1.29, 1.82) is 0 Å². The molecule has 0 radical (unpaired) electrons. The molecule has 8 heteroatoms. The van der Waals surface area contributed by atoms with Crippen LogP contribution in [0.15, 0.2) is 77.7 Å². The Hall–Kier alpha value is -4.46. The van der Waals surface area contributed by atoms with Crippen LogP contribution in [0, 0.1) is 17.0 Å². The molecule has 1 N–H and O–H groups in total. The van der Waals surface area contributed by atoms with E-state index in [0.29, 0.717) is 33.5 Å². The fourth-order valence-electron chi connectivity index (χ4n) is 3.57. The molecule has 0 saturated carbocycles. The molecule has 0 saturated heterocycles. The van der Waals surface area contributed by atoms with Gasteiger partial charge in [-0.05, 0) is 31.2 Å². The van der Waals surface area contributed by atoms with E-state index in [1.54, 1.807) is 61.5 Å². The van der Waals surface area contributed by atoms with Crippen LogP contribution in [0.3, 0.4) is 0 Å². The average Bonchev–Trinajstić information content (AvgIpc) is 2.80. The molecule has 0 aliphatic rings. The fraction of sp³-hybridized carbons (Fsp3) is 0.0833. The molecular formula is C24H19N3O5. The van der Waals surface area contributed by atoms with Gasteiger partial charge in [0.2, 0.25) is 0 Å². The number of nitrogens with zero attached hydrogens (tertiary/aromatic N) is 2. The third kappa shape index (κ3) is 3.69. The van der Waals surface area contributed by atoms with Gasteiger partial charge in [0.05, 0.1) is 34.5 Å². The lowest BCUT2D eigenvalue weighted by molar-refractivity contribution is -0.385. The summed E-state index contributed by atoms with van der Waals surface area (Å²) in [6.07, 6.45) is 1.47. The molecule has 0 bridgehead atoms. The Balaban J connectivity index is 1.86. The highest BCUT2D eigenvalue weighted by atomic mass is 16.6. The molecule has 0 spiro atoms. The van der Waals surface area contributed by atoms with Gasteiger partial charge in [-0.25, -0.2) is 0 Å². The number of pyridine rings is 1. The summed E-state index contributed by atoms with van der Waals surface area (Å²) in [6.45, 7) is 1.57. The van der Waals surface area contributed by atoms with E-state index in [1.165, 1.54) is 30.0 Å². The summed E-state index contributed by atoms with van der Waals surface area (Å²) in [7, 11) is 1.53. The molecule has 160 valence electrons. The second kappa shape index (κ2) is 8.35. The first-order chi connectivity index (χ1) is 15.4. The van der Waals surface area contributed by atoms with Gasteiger partial charge in [0, 0.05) is 29.1 Å². The maximum atomic E-state index is 13.3. The third-order valence-corrected chi connectivity index (χ3v) is 5.25. The maximum Gasteiger partial charge on any atom is 0.274 e. The molecule has 1 aromatic heterocycles. The lowest BCUT2D eigenvalue weighted by Crippen LogP contribution is -2.23. The zero-order valence-corrected chi connectivity index (χ0v) is 17.4. The summed E-state index contributed by atoms with van der Waals surface area (Å²) in [5.41, 5.74) is 1.10. The number of aromatic nitrogens is 1. The van der Waals surface area contributed by atoms with E-state index in [-0.39, 0.29) is 16.8 Å². The van der Waals surface area contributed by atoms with Crippen molar-refractivity contribution in [3.63, 3.8) is 0 Å². The van der Waals surface area contributed by atoms with E-state index >= 15 is 0 Å². The van der Waals surface area contributed by atoms with Crippen LogP contribution in [-0.2, 0) is 0 Å². The van der Waals surface area contributed by atoms with Gasteiger partial charge >= 0.3 is 0 Å². The minimum Gasteiger partial charge on any atom is -0.497 e. The number of ether oxygens (including phenoxy) is 1. The molecule has 8 nitrogen and oxygen atoms in total. The van der Waals surface area contributed by atoms with Gasteiger partial charge in [0.15, 0.2) is 0 Å². The Bertz CT molecular complexity index is 1430. The normalized spacial score (nSPS) is 10.7. The van der Waals surface area contributed by atoms with Crippen molar-refractivity contribution in [2.24, 2.45) is 0 Å². The number of nitrogens with one attached hydrogen (secondary N) is 1. The summed E-state index contributed by atoms with van der Waals surface area (Å²) < 4.78 is 6.64. The topological polar surface area (TPSA) is 103 Å². The number of nitro benzene ring substituents is 1. The number of hydrogen-bond donors (Lipinski definition) is 1. The highest BCUT2D eigenvalue weighted by molar-refractivity contribution is 6.13. The Labute approximate surface area is 182 Å². The first kappa shape index (κ1) is 20.8. The lowest BCUT2D eigenvalue weighted by Gasteiger charge is -2.14. The number of carbonyl (C=O) groups is 1. The Kier molecular flexibility index (Phi) is 5.43. The molecule has 1 heterocycles. The van der Waals surface area contributed by atoms with Crippen LogP contribution in [0.2, 0.25) is 0 Å². The zero-order valence-electron chi connectivity index (χ0n) is 17.4. The van der Waals surface area contributed by atoms with Crippen molar-refractivity contribution in [2.45, 2.75) is 6.92 Å². The highest BCUT2D eigenvalue weighted by Gasteiger charge is 2.19. The Morgan fingerprint density at radius 3 is 2.47 bits per heavy atom.